The molecule has 0 saturated heterocycles. The van der Waals surface area contributed by atoms with Crippen molar-refractivity contribution in [3.05, 3.63) is 54.2 Å². The number of aromatic nitrogens is 1. The zero-order valence-electron chi connectivity index (χ0n) is 23.9. The summed E-state index contributed by atoms with van der Waals surface area (Å²) in [5.41, 5.74) is 3.64. The molecule has 220 valence electrons. The van der Waals surface area contributed by atoms with Crippen LogP contribution in [0.15, 0.2) is 53.1 Å². The Balaban J connectivity index is 1.51. The van der Waals surface area contributed by atoms with E-state index in [9.17, 15) is 14.7 Å². The van der Waals surface area contributed by atoms with Gasteiger partial charge in [-0.05, 0) is 54.8 Å². The number of nitrogens with zero attached hydrogens (tertiary/aromatic N) is 1. The lowest BCUT2D eigenvalue weighted by Crippen LogP contribution is -2.52. The molecule has 0 unspecified atom stereocenters. The van der Waals surface area contributed by atoms with Crippen molar-refractivity contribution in [2.45, 2.75) is 37.8 Å². The minimum atomic E-state index is -1.10. The van der Waals surface area contributed by atoms with E-state index in [4.69, 9.17) is 23.4 Å². The van der Waals surface area contributed by atoms with Crippen LogP contribution >= 0.6 is 0 Å². The van der Waals surface area contributed by atoms with Gasteiger partial charge in [0.15, 0.2) is 17.1 Å². The minimum absolute atomic E-state index is 0.309. The average molecular weight is 576 g/mol. The first-order valence-electron chi connectivity index (χ1n) is 13.5. The minimum Gasteiger partial charge on any atom is -0.497 e. The molecule has 11 nitrogen and oxygen atoms in total. The van der Waals surface area contributed by atoms with Crippen LogP contribution < -0.4 is 29.6 Å². The average Bonchev–Trinajstić information content (AvgIpc) is 3.45. The fourth-order valence-electron chi connectivity index (χ4n) is 5.42. The van der Waals surface area contributed by atoms with E-state index in [0.717, 1.165) is 18.4 Å². The van der Waals surface area contributed by atoms with Crippen LogP contribution in [0.25, 0.3) is 33.6 Å². The zero-order chi connectivity index (χ0) is 29.8. The molecule has 3 N–H and O–H groups in total. The molecule has 0 spiro atoms. The lowest BCUT2D eigenvalue weighted by molar-refractivity contribution is 0.0912. The number of furan rings is 1. The number of nitrogens with one attached hydrogen (secondary N) is 2. The molecule has 1 saturated carbocycles. The fourth-order valence-corrected chi connectivity index (χ4v) is 5.42. The number of hydrogen-bond acceptors (Lipinski definition) is 8. The van der Waals surface area contributed by atoms with Gasteiger partial charge < -0.3 is 39.1 Å². The molecule has 2 atom stereocenters. The number of ether oxygens (including phenoxy) is 4. The molecule has 2 amide bonds. The van der Waals surface area contributed by atoms with Crippen molar-refractivity contribution in [1.29, 1.82) is 0 Å². The van der Waals surface area contributed by atoms with Gasteiger partial charge >= 0.3 is 6.09 Å². The number of methoxy groups -OCH3 is 4. The van der Waals surface area contributed by atoms with E-state index in [0.29, 0.717) is 69.4 Å². The second-order valence-corrected chi connectivity index (χ2v) is 9.97. The Morgan fingerprint density at radius 2 is 1.55 bits per heavy atom. The molecule has 0 aliphatic heterocycles. The second-order valence-electron chi connectivity index (χ2n) is 9.97. The van der Waals surface area contributed by atoms with E-state index in [1.165, 1.54) is 7.11 Å². The lowest BCUT2D eigenvalue weighted by Gasteiger charge is -2.32. The van der Waals surface area contributed by atoms with Crippen LogP contribution in [0.5, 0.6) is 23.0 Å². The number of hydrogen-bond donors (Lipinski definition) is 3. The molecule has 1 fully saturated rings. The highest BCUT2D eigenvalue weighted by Crippen LogP contribution is 2.43. The smallest absolute Gasteiger partial charge is 0.404 e. The van der Waals surface area contributed by atoms with Gasteiger partial charge in [-0.15, -0.1) is 0 Å². The van der Waals surface area contributed by atoms with Crippen molar-refractivity contribution in [1.82, 2.24) is 15.6 Å². The van der Waals surface area contributed by atoms with Gasteiger partial charge in [0, 0.05) is 35.0 Å². The molecule has 2 aromatic heterocycles. The molecule has 0 bridgehead atoms. The van der Waals surface area contributed by atoms with E-state index >= 15 is 0 Å². The summed E-state index contributed by atoms with van der Waals surface area (Å²) in [5, 5.41) is 14.8. The highest BCUT2D eigenvalue weighted by molar-refractivity contribution is 5.98. The van der Waals surface area contributed by atoms with E-state index in [-0.39, 0.29) is 18.0 Å². The Bertz CT molecular complexity index is 1590. The first-order valence-corrected chi connectivity index (χ1v) is 13.5. The first-order chi connectivity index (χ1) is 20.3. The topological polar surface area (TPSA) is 141 Å². The third-order valence-electron chi connectivity index (χ3n) is 7.47. The van der Waals surface area contributed by atoms with Crippen LogP contribution in [0, 0.1) is 0 Å². The lowest BCUT2D eigenvalue weighted by atomic mass is 9.90. The van der Waals surface area contributed by atoms with E-state index in [1.807, 2.05) is 18.2 Å². The number of fused-ring (bicyclic) bond motifs is 1. The summed E-state index contributed by atoms with van der Waals surface area (Å²) in [6.07, 6.45) is 3.75. The summed E-state index contributed by atoms with van der Waals surface area (Å²) in [5.74, 6) is 2.16. The van der Waals surface area contributed by atoms with Gasteiger partial charge in [0.05, 0.1) is 34.5 Å². The second kappa shape index (κ2) is 12.3. The Labute approximate surface area is 242 Å². The van der Waals surface area contributed by atoms with Crippen LogP contribution in [0.1, 0.15) is 36.0 Å². The molecule has 4 aromatic rings. The van der Waals surface area contributed by atoms with Crippen molar-refractivity contribution >= 4 is 23.1 Å². The maximum atomic E-state index is 13.4. The molecular weight excluding hydrogens is 542 g/mol. The van der Waals surface area contributed by atoms with Gasteiger partial charge in [0.1, 0.15) is 17.0 Å². The van der Waals surface area contributed by atoms with Crippen LogP contribution in [0.3, 0.4) is 0 Å². The number of benzene rings is 2. The standard InChI is InChI=1S/C31H33N3O8/c1-38-20-12-17(11-19(13-20)30(35)33-22-7-5-6-8-23(22)34-31(36)37)21-9-10-32-24-16-25(42-28(21)24)18-14-26(39-2)29(41-4)27(15-18)40-3/h9-16,22-23,34H,5-8H2,1-4H3,(H,33,35)(H,36,37)/t22-,23+/m1/s1. The Morgan fingerprint density at radius 3 is 2.17 bits per heavy atom. The quantitative estimate of drug-likeness (QED) is 0.236. The van der Waals surface area contributed by atoms with Crippen LogP contribution in [0.2, 0.25) is 0 Å². The Kier molecular flexibility index (Phi) is 8.37. The van der Waals surface area contributed by atoms with Gasteiger partial charge in [-0.3, -0.25) is 9.78 Å². The zero-order valence-corrected chi connectivity index (χ0v) is 23.9. The summed E-state index contributed by atoms with van der Waals surface area (Å²) in [6, 6.07) is 11.8. The molecule has 0 radical (unpaired) electrons. The molecular formula is C31H33N3O8. The van der Waals surface area contributed by atoms with E-state index in [2.05, 4.69) is 15.6 Å². The number of carbonyl (C=O) groups excluding carboxylic acids is 1. The highest BCUT2D eigenvalue weighted by atomic mass is 16.5. The normalized spacial score (nSPS) is 16.5. The van der Waals surface area contributed by atoms with Crippen molar-refractivity contribution in [3.8, 4) is 45.4 Å². The maximum Gasteiger partial charge on any atom is 0.404 e. The predicted octanol–water partition coefficient (Wildman–Crippen LogP) is 5.50. The van der Waals surface area contributed by atoms with E-state index in [1.54, 1.807) is 51.8 Å². The van der Waals surface area contributed by atoms with Gasteiger partial charge in [-0.1, -0.05) is 12.8 Å². The summed E-state index contributed by atoms with van der Waals surface area (Å²) in [4.78, 5) is 29.2. The Morgan fingerprint density at radius 1 is 0.857 bits per heavy atom. The molecule has 1 aliphatic carbocycles. The third-order valence-corrected chi connectivity index (χ3v) is 7.47. The van der Waals surface area contributed by atoms with Gasteiger partial charge in [-0.25, -0.2) is 4.79 Å². The number of carboxylic acid groups (broad SMARTS) is 1. The van der Waals surface area contributed by atoms with E-state index < -0.39 is 6.09 Å². The van der Waals surface area contributed by atoms with Crippen LogP contribution in [-0.4, -0.2) is 62.6 Å². The molecule has 5 rings (SSSR count). The van der Waals surface area contributed by atoms with Gasteiger partial charge in [-0.2, -0.15) is 0 Å². The summed E-state index contributed by atoms with van der Waals surface area (Å²) in [7, 11) is 6.17. The first kappa shape index (κ1) is 28.6. The van der Waals surface area contributed by atoms with Crippen molar-refractivity contribution in [2.75, 3.05) is 28.4 Å². The largest absolute Gasteiger partial charge is 0.497 e. The molecule has 2 heterocycles. The van der Waals surface area contributed by atoms with Crippen LogP contribution in [-0.2, 0) is 0 Å². The summed E-state index contributed by atoms with van der Waals surface area (Å²) in [6.45, 7) is 0. The SMILES string of the molecule is COc1cc(C(=O)N[C@@H]2CCCC[C@@H]2NC(=O)O)cc(-c2ccnc3cc(-c4cc(OC)c(OC)c(OC)c4)oc23)c1. The van der Waals surface area contributed by atoms with Crippen molar-refractivity contribution < 1.29 is 38.1 Å². The highest BCUT2D eigenvalue weighted by Gasteiger charge is 2.28. The third kappa shape index (κ3) is 5.76. The maximum absolute atomic E-state index is 13.4. The number of rotatable bonds is 9. The number of amides is 2. The molecule has 1 aliphatic rings. The predicted molar refractivity (Wildman–Crippen MR) is 156 cm³/mol. The number of carbonyl (C=O) groups is 2. The Hall–Kier alpha value is -4.93. The van der Waals surface area contributed by atoms with Crippen molar-refractivity contribution in [3.63, 3.8) is 0 Å². The fraction of sp³-hybridized carbons (Fsp3) is 0.323. The molecule has 2 aromatic carbocycles. The molecule has 11 heteroatoms. The summed E-state index contributed by atoms with van der Waals surface area (Å²) < 4.78 is 28.3. The number of pyridine rings is 1. The monoisotopic (exact) mass is 575 g/mol. The van der Waals surface area contributed by atoms with Gasteiger partial charge in [0.25, 0.3) is 5.91 Å². The van der Waals surface area contributed by atoms with Crippen LogP contribution in [0.4, 0.5) is 4.79 Å². The summed E-state index contributed by atoms with van der Waals surface area (Å²) >= 11 is 0. The molecule has 42 heavy (non-hydrogen) atoms. The van der Waals surface area contributed by atoms with Crippen molar-refractivity contribution in [2.24, 2.45) is 0 Å². The van der Waals surface area contributed by atoms with Gasteiger partial charge in [0.2, 0.25) is 5.75 Å².